The first kappa shape index (κ1) is 23.1. The number of hydrogen-bond donors (Lipinski definition) is 1. The van der Waals surface area contributed by atoms with E-state index in [1.165, 1.54) is 47.9 Å². The van der Waals surface area contributed by atoms with Crippen molar-refractivity contribution in [1.82, 2.24) is 20.3 Å². The number of carbonyl (C=O) groups excluding carboxylic acids is 2. The standard InChI is InChI=1S/C24H24FN5O4/c1-17(24(32)29-12-14-33-15-13-29)30(28-23(31)22-10-11-26-16-27-22)19-4-8-21(9-5-19)34-20-6-2-18(25)3-7-20/h2-11,16-17H,12-15H2,1H3,(H,28,31)/t17-/m0/s1. The molecule has 34 heavy (non-hydrogen) atoms. The Labute approximate surface area is 196 Å². The molecule has 0 unspecified atom stereocenters. The molecule has 0 aliphatic carbocycles. The van der Waals surface area contributed by atoms with Gasteiger partial charge in [0.1, 0.15) is 35.4 Å². The Bertz CT molecular complexity index is 1110. The Morgan fingerprint density at radius 2 is 1.71 bits per heavy atom. The van der Waals surface area contributed by atoms with Crippen LogP contribution >= 0.6 is 0 Å². The number of carbonyl (C=O) groups is 2. The number of hydrogen-bond acceptors (Lipinski definition) is 7. The van der Waals surface area contributed by atoms with Gasteiger partial charge in [-0.25, -0.2) is 14.4 Å². The summed E-state index contributed by atoms with van der Waals surface area (Å²) in [6.45, 7) is 3.64. The maximum Gasteiger partial charge on any atom is 0.288 e. The number of anilines is 1. The highest BCUT2D eigenvalue weighted by atomic mass is 19.1. The van der Waals surface area contributed by atoms with Crippen LogP contribution in [0.2, 0.25) is 0 Å². The van der Waals surface area contributed by atoms with Crippen LogP contribution in [0.5, 0.6) is 11.5 Å². The Morgan fingerprint density at radius 3 is 2.32 bits per heavy atom. The van der Waals surface area contributed by atoms with Gasteiger partial charge in [0.05, 0.1) is 18.9 Å². The molecule has 0 saturated carbocycles. The van der Waals surface area contributed by atoms with Crippen LogP contribution in [0, 0.1) is 5.82 Å². The highest BCUT2D eigenvalue weighted by Gasteiger charge is 2.29. The second-order valence-corrected chi connectivity index (χ2v) is 7.57. The number of rotatable bonds is 7. The van der Waals surface area contributed by atoms with Crippen LogP contribution in [-0.4, -0.2) is 59.0 Å². The molecule has 1 aromatic heterocycles. The molecule has 0 radical (unpaired) electrons. The molecule has 10 heteroatoms. The number of nitrogens with one attached hydrogen (secondary N) is 1. The van der Waals surface area contributed by atoms with Crippen LogP contribution in [0.1, 0.15) is 17.4 Å². The molecule has 1 fully saturated rings. The van der Waals surface area contributed by atoms with E-state index >= 15 is 0 Å². The highest BCUT2D eigenvalue weighted by Crippen LogP contribution is 2.25. The van der Waals surface area contributed by atoms with Gasteiger partial charge in [-0.2, -0.15) is 0 Å². The Morgan fingerprint density at radius 1 is 1.06 bits per heavy atom. The zero-order valence-corrected chi connectivity index (χ0v) is 18.6. The van der Waals surface area contributed by atoms with Gasteiger partial charge in [0.15, 0.2) is 0 Å². The predicted molar refractivity (Wildman–Crippen MR) is 122 cm³/mol. The van der Waals surface area contributed by atoms with Gasteiger partial charge < -0.3 is 14.4 Å². The van der Waals surface area contributed by atoms with Gasteiger partial charge in [-0.3, -0.25) is 20.0 Å². The molecule has 1 aliphatic heterocycles. The third-order valence-electron chi connectivity index (χ3n) is 5.27. The molecule has 1 N–H and O–H groups in total. The fourth-order valence-corrected chi connectivity index (χ4v) is 3.45. The number of aromatic nitrogens is 2. The Kier molecular flexibility index (Phi) is 7.28. The zero-order chi connectivity index (χ0) is 23.9. The van der Waals surface area contributed by atoms with Crippen LogP contribution in [0.4, 0.5) is 10.1 Å². The summed E-state index contributed by atoms with van der Waals surface area (Å²) in [5, 5.41) is 1.50. The van der Waals surface area contributed by atoms with Gasteiger partial charge in [0, 0.05) is 19.3 Å². The summed E-state index contributed by atoms with van der Waals surface area (Å²) in [5.74, 6) is 0.0359. The van der Waals surface area contributed by atoms with Crippen molar-refractivity contribution in [3.8, 4) is 11.5 Å². The van der Waals surface area contributed by atoms with E-state index in [-0.39, 0.29) is 17.4 Å². The smallest absolute Gasteiger partial charge is 0.288 e. The molecular formula is C24H24FN5O4. The molecule has 1 saturated heterocycles. The van der Waals surface area contributed by atoms with Crippen molar-refractivity contribution >= 4 is 17.5 Å². The molecule has 3 aromatic rings. The lowest BCUT2D eigenvalue weighted by Gasteiger charge is -2.35. The van der Waals surface area contributed by atoms with E-state index in [9.17, 15) is 14.0 Å². The van der Waals surface area contributed by atoms with Crippen LogP contribution < -0.4 is 15.2 Å². The molecule has 2 amide bonds. The van der Waals surface area contributed by atoms with Crippen molar-refractivity contribution in [3.63, 3.8) is 0 Å². The predicted octanol–water partition coefficient (Wildman–Crippen LogP) is 2.81. The van der Waals surface area contributed by atoms with Crippen molar-refractivity contribution in [2.45, 2.75) is 13.0 Å². The molecule has 2 aromatic carbocycles. The van der Waals surface area contributed by atoms with E-state index in [0.29, 0.717) is 43.5 Å². The average Bonchev–Trinajstić information content (AvgIpc) is 2.89. The summed E-state index contributed by atoms with van der Waals surface area (Å²) in [5.41, 5.74) is 3.53. The highest BCUT2D eigenvalue weighted by molar-refractivity contribution is 5.94. The molecule has 1 atom stereocenters. The number of morpholine rings is 1. The Balaban J connectivity index is 1.55. The van der Waals surface area contributed by atoms with E-state index in [2.05, 4.69) is 15.4 Å². The first-order valence-corrected chi connectivity index (χ1v) is 10.8. The second-order valence-electron chi connectivity index (χ2n) is 7.57. The van der Waals surface area contributed by atoms with Gasteiger partial charge >= 0.3 is 0 Å². The zero-order valence-electron chi connectivity index (χ0n) is 18.6. The number of nitrogens with zero attached hydrogens (tertiary/aromatic N) is 4. The van der Waals surface area contributed by atoms with E-state index in [1.54, 1.807) is 36.1 Å². The summed E-state index contributed by atoms with van der Waals surface area (Å²) >= 11 is 0. The maximum atomic E-state index is 13.2. The van der Waals surface area contributed by atoms with Crippen LogP contribution in [0.3, 0.4) is 0 Å². The number of halogens is 1. The molecule has 9 nitrogen and oxygen atoms in total. The molecule has 2 heterocycles. The van der Waals surface area contributed by atoms with Crippen LogP contribution in [0.25, 0.3) is 0 Å². The minimum Gasteiger partial charge on any atom is -0.457 e. The fourth-order valence-electron chi connectivity index (χ4n) is 3.45. The van der Waals surface area contributed by atoms with E-state index < -0.39 is 11.9 Å². The lowest BCUT2D eigenvalue weighted by atomic mass is 10.2. The van der Waals surface area contributed by atoms with Crippen molar-refractivity contribution in [1.29, 1.82) is 0 Å². The molecule has 0 bridgehead atoms. The van der Waals surface area contributed by atoms with Crippen molar-refractivity contribution in [2.75, 3.05) is 31.3 Å². The van der Waals surface area contributed by atoms with Crippen molar-refractivity contribution in [2.24, 2.45) is 0 Å². The van der Waals surface area contributed by atoms with E-state index in [0.717, 1.165) is 0 Å². The first-order chi connectivity index (χ1) is 16.5. The number of benzene rings is 2. The Hall–Kier alpha value is -4.05. The monoisotopic (exact) mass is 465 g/mol. The number of amides is 2. The molecular weight excluding hydrogens is 441 g/mol. The normalized spacial score (nSPS) is 14.2. The molecule has 0 spiro atoms. The maximum absolute atomic E-state index is 13.2. The van der Waals surface area contributed by atoms with Gasteiger partial charge in [0.25, 0.3) is 5.91 Å². The quantitative estimate of drug-likeness (QED) is 0.536. The summed E-state index contributed by atoms with van der Waals surface area (Å²) in [4.78, 5) is 35.5. The minimum atomic E-state index is -0.701. The minimum absolute atomic E-state index is 0.141. The van der Waals surface area contributed by atoms with Crippen LogP contribution in [-0.2, 0) is 9.53 Å². The number of ether oxygens (including phenoxy) is 2. The average molecular weight is 465 g/mol. The largest absolute Gasteiger partial charge is 0.457 e. The molecule has 176 valence electrons. The summed E-state index contributed by atoms with van der Waals surface area (Å²) in [6.07, 6.45) is 2.75. The number of hydrazine groups is 1. The third kappa shape index (κ3) is 5.65. The summed E-state index contributed by atoms with van der Waals surface area (Å²) in [6, 6.07) is 13.3. The van der Waals surface area contributed by atoms with Gasteiger partial charge in [0.2, 0.25) is 5.91 Å². The first-order valence-electron chi connectivity index (χ1n) is 10.8. The van der Waals surface area contributed by atoms with Crippen molar-refractivity contribution < 1.29 is 23.5 Å². The summed E-state index contributed by atoms with van der Waals surface area (Å²) in [7, 11) is 0. The van der Waals surface area contributed by atoms with Gasteiger partial charge in [-0.15, -0.1) is 0 Å². The fraction of sp³-hybridized carbons (Fsp3) is 0.250. The topological polar surface area (TPSA) is 96.9 Å². The summed E-state index contributed by atoms with van der Waals surface area (Å²) < 4.78 is 24.2. The second kappa shape index (κ2) is 10.7. The molecule has 1 aliphatic rings. The van der Waals surface area contributed by atoms with E-state index in [4.69, 9.17) is 9.47 Å². The van der Waals surface area contributed by atoms with Crippen LogP contribution in [0.15, 0.2) is 67.1 Å². The van der Waals surface area contributed by atoms with E-state index in [1.807, 2.05) is 0 Å². The third-order valence-corrected chi connectivity index (χ3v) is 5.27. The SMILES string of the molecule is C[C@@H](C(=O)N1CCOCC1)N(NC(=O)c1ccncn1)c1ccc(Oc2ccc(F)cc2)cc1. The van der Waals surface area contributed by atoms with Crippen molar-refractivity contribution in [3.05, 3.63) is 78.6 Å². The lowest BCUT2D eigenvalue weighted by molar-refractivity contribution is -0.136. The van der Waals surface area contributed by atoms with Gasteiger partial charge in [-0.05, 0) is 61.5 Å². The van der Waals surface area contributed by atoms with Gasteiger partial charge in [-0.1, -0.05) is 0 Å². The lowest BCUT2D eigenvalue weighted by Crippen LogP contribution is -2.56. The molecule has 4 rings (SSSR count).